The van der Waals surface area contributed by atoms with Crippen LogP contribution in [-0.4, -0.2) is 9.97 Å². The zero-order valence-electron chi connectivity index (χ0n) is 18.3. The zero-order valence-corrected chi connectivity index (χ0v) is 21.4. The van der Waals surface area contributed by atoms with Gasteiger partial charge in [0.25, 0.3) is 0 Å². The number of para-hydroxylation sites is 1. The summed E-state index contributed by atoms with van der Waals surface area (Å²) in [5.74, 6) is 0. The van der Waals surface area contributed by atoms with Crippen molar-refractivity contribution < 1.29 is 0 Å². The van der Waals surface area contributed by atoms with E-state index in [1.54, 1.807) is 0 Å². The molecule has 168 valence electrons. The molecule has 2 nitrogen and oxygen atoms in total. The molecule has 0 aliphatic heterocycles. The summed E-state index contributed by atoms with van der Waals surface area (Å²) in [7, 11) is 0. The summed E-state index contributed by atoms with van der Waals surface area (Å²) in [6, 6.07) is 34.4. The van der Waals surface area contributed by atoms with E-state index in [0.717, 1.165) is 59.8 Å². The molecular weight excluding hydrogens is 539 g/mol. The Morgan fingerprint density at radius 2 is 1.29 bits per heavy atom. The molecule has 0 unspecified atom stereocenters. The lowest BCUT2D eigenvalue weighted by atomic mass is 9.92. The second kappa shape index (κ2) is 9.09. The van der Waals surface area contributed by atoms with Gasteiger partial charge in [-0.1, -0.05) is 99.8 Å². The van der Waals surface area contributed by atoms with Gasteiger partial charge in [-0.2, -0.15) is 0 Å². The number of hydrogen-bond acceptors (Lipinski definition) is 2. The van der Waals surface area contributed by atoms with Crippen LogP contribution in [0.15, 0.2) is 108 Å². The van der Waals surface area contributed by atoms with E-state index in [2.05, 4.69) is 46.3 Å². The molecule has 0 fully saturated rings. The van der Waals surface area contributed by atoms with E-state index in [1.165, 1.54) is 0 Å². The van der Waals surface area contributed by atoms with Crippen molar-refractivity contribution in [3.05, 3.63) is 118 Å². The Bertz CT molecular complexity index is 1720. The second-order valence-corrected chi connectivity index (χ2v) is 9.97. The zero-order chi connectivity index (χ0) is 23.9. The number of rotatable bonds is 3. The van der Waals surface area contributed by atoms with Crippen molar-refractivity contribution in [2.45, 2.75) is 0 Å². The van der Waals surface area contributed by atoms with Crippen LogP contribution in [0.4, 0.5) is 0 Å². The molecule has 0 saturated heterocycles. The summed E-state index contributed by atoms with van der Waals surface area (Å²) in [5.41, 5.74) is 7.48. The highest BCUT2D eigenvalue weighted by atomic mass is 79.9. The van der Waals surface area contributed by atoms with E-state index in [-0.39, 0.29) is 0 Å². The molecule has 4 aromatic carbocycles. The predicted octanol–water partition coefficient (Wildman–Crippen LogP) is 9.85. The fourth-order valence-electron chi connectivity index (χ4n) is 4.52. The number of fused-ring (bicyclic) bond motifs is 2. The molecule has 0 saturated carbocycles. The van der Waals surface area contributed by atoms with Gasteiger partial charge in [0.15, 0.2) is 0 Å². The maximum Gasteiger partial charge on any atom is 0.139 e. The summed E-state index contributed by atoms with van der Waals surface area (Å²) < 4.78 is 0.977. The summed E-state index contributed by atoms with van der Waals surface area (Å²) in [6.07, 6.45) is 0. The number of nitrogens with zero attached hydrogens (tertiary/aromatic N) is 2. The van der Waals surface area contributed by atoms with E-state index in [1.807, 2.05) is 72.8 Å². The first-order chi connectivity index (χ1) is 17.1. The Hall–Kier alpha value is -3.24. The molecule has 2 heterocycles. The molecular formula is C30H17BrCl2N2. The highest BCUT2D eigenvalue weighted by Gasteiger charge is 2.20. The number of hydrogen-bond donors (Lipinski definition) is 0. The first-order valence-corrected chi connectivity index (χ1v) is 12.6. The minimum absolute atomic E-state index is 0.420. The second-order valence-electron chi connectivity index (χ2n) is 8.26. The molecule has 0 radical (unpaired) electrons. The molecule has 0 aliphatic rings. The van der Waals surface area contributed by atoms with Gasteiger partial charge in [0.05, 0.1) is 16.7 Å². The Labute approximate surface area is 221 Å². The maximum absolute atomic E-state index is 6.92. The maximum atomic E-state index is 6.92. The fraction of sp³-hybridized carbons (Fsp3) is 0. The largest absolute Gasteiger partial charge is 0.248 e. The van der Waals surface area contributed by atoms with Gasteiger partial charge in [0.2, 0.25) is 0 Å². The highest BCUT2D eigenvalue weighted by molar-refractivity contribution is 9.10. The molecule has 0 N–H and O–H groups in total. The van der Waals surface area contributed by atoms with Crippen molar-refractivity contribution in [2.24, 2.45) is 0 Å². The Kier molecular flexibility index (Phi) is 5.77. The van der Waals surface area contributed by atoms with Gasteiger partial charge < -0.3 is 0 Å². The summed E-state index contributed by atoms with van der Waals surface area (Å²) >= 11 is 16.7. The minimum atomic E-state index is 0.420. The minimum Gasteiger partial charge on any atom is -0.248 e. The van der Waals surface area contributed by atoms with Gasteiger partial charge in [-0.3, -0.25) is 0 Å². The van der Waals surface area contributed by atoms with Gasteiger partial charge in [-0.25, -0.2) is 9.97 Å². The third-order valence-electron chi connectivity index (χ3n) is 6.09. The third-order valence-corrected chi connectivity index (χ3v) is 7.11. The summed E-state index contributed by atoms with van der Waals surface area (Å²) in [5, 5.41) is 3.19. The lowest BCUT2D eigenvalue weighted by Gasteiger charge is -2.17. The average Bonchev–Trinajstić information content (AvgIpc) is 2.88. The Morgan fingerprint density at radius 1 is 0.571 bits per heavy atom. The Balaban J connectivity index is 1.73. The van der Waals surface area contributed by atoms with Gasteiger partial charge in [0, 0.05) is 31.4 Å². The lowest BCUT2D eigenvalue weighted by molar-refractivity contribution is 1.35. The number of aromatic nitrogens is 2. The van der Waals surface area contributed by atoms with Crippen molar-refractivity contribution in [3.63, 3.8) is 0 Å². The lowest BCUT2D eigenvalue weighted by Crippen LogP contribution is -1.96. The topological polar surface area (TPSA) is 25.8 Å². The number of pyridine rings is 2. The first-order valence-electron chi connectivity index (χ1n) is 11.1. The molecule has 0 bridgehead atoms. The molecule has 6 rings (SSSR count). The van der Waals surface area contributed by atoms with Crippen molar-refractivity contribution >= 4 is 60.9 Å². The van der Waals surface area contributed by atoms with E-state index in [4.69, 9.17) is 33.2 Å². The quantitative estimate of drug-likeness (QED) is 0.203. The van der Waals surface area contributed by atoms with Crippen LogP contribution < -0.4 is 0 Å². The van der Waals surface area contributed by atoms with Crippen LogP contribution >= 0.6 is 39.1 Å². The van der Waals surface area contributed by atoms with Gasteiger partial charge in [-0.05, 0) is 59.2 Å². The van der Waals surface area contributed by atoms with E-state index >= 15 is 0 Å². The monoisotopic (exact) mass is 554 g/mol. The van der Waals surface area contributed by atoms with Gasteiger partial charge in [-0.15, -0.1) is 0 Å². The highest BCUT2D eigenvalue weighted by Crippen LogP contribution is 2.43. The molecule has 0 atom stereocenters. The van der Waals surface area contributed by atoms with Crippen molar-refractivity contribution in [1.82, 2.24) is 9.97 Å². The van der Waals surface area contributed by atoms with Crippen LogP contribution in [0.2, 0.25) is 10.2 Å². The van der Waals surface area contributed by atoms with Crippen molar-refractivity contribution in [3.8, 4) is 33.5 Å². The molecule has 5 heteroatoms. The SMILES string of the molecule is Clc1ccc(-c2cc(-c3c(Cl)nc4ccc(Br)cc4c3-c3ccccc3)nc3ccccc23)cc1. The van der Waals surface area contributed by atoms with E-state index in [9.17, 15) is 0 Å². The molecule has 2 aromatic heterocycles. The van der Waals surface area contributed by atoms with Crippen molar-refractivity contribution in [2.75, 3.05) is 0 Å². The molecule has 35 heavy (non-hydrogen) atoms. The van der Waals surface area contributed by atoms with Crippen LogP contribution in [0, 0.1) is 0 Å². The molecule has 0 amide bonds. The number of benzene rings is 4. The molecule has 0 aliphatic carbocycles. The summed E-state index contributed by atoms with van der Waals surface area (Å²) in [6.45, 7) is 0. The van der Waals surface area contributed by atoms with Crippen LogP contribution in [-0.2, 0) is 0 Å². The standard InChI is InChI=1S/C30H17BrCl2N2/c31-20-12-15-26-24(16-20)28(19-6-2-1-3-7-19)29(30(33)35-26)27-17-23(18-10-13-21(32)14-11-18)22-8-4-5-9-25(22)34-27/h1-17H. The van der Waals surface area contributed by atoms with Crippen LogP contribution in [0.25, 0.3) is 55.3 Å². The van der Waals surface area contributed by atoms with Crippen LogP contribution in [0.1, 0.15) is 0 Å². The molecule has 0 spiro atoms. The summed E-state index contributed by atoms with van der Waals surface area (Å²) in [4.78, 5) is 9.82. The van der Waals surface area contributed by atoms with Gasteiger partial charge in [0.1, 0.15) is 5.15 Å². The van der Waals surface area contributed by atoms with E-state index < -0.39 is 0 Å². The fourth-order valence-corrected chi connectivity index (χ4v) is 5.29. The normalized spacial score (nSPS) is 11.3. The van der Waals surface area contributed by atoms with E-state index in [0.29, 0.717) is 10.2 Å². The van der Waals surface area contributed by atoms with Gasteiger partial charge >= 0.3 is 0 Å². The third kappa shape index (κ3) is 4.10. The molecule has 6 aromatic rings. The van der Waals surface area contributed by atoms with Crippen molar-refractivity contribution in [1.29, 1.82) is 0 Å². The van der Waals surface area contributed by atoms with Crippen LogP contribution in [0.5, 0.6) is 0 Å². The average molecular weight is 556 g/mol. The number of halogens is 3. The van der Waals surface area contributed by atoms with Crippen LogP contribution in [0.3, 0.4) is 0 Å². The smallest absolute Gasteiger partial charge is 0.139 e. The predicted molar refractivity (Wildman–Crippen MR) is 151 cm³/mol. The first kappa shape index (κ1) is 22.2. The Morgan fingerprint density at radius 3 is 2.09 bits per heavy atom.